The van der Waals surface area contributed by atoms with Gasteiger partial charge in [0.25, 0.3) is 0 Å². The van der Waals surface area contributed by atoms with E-state index in [1.165, 1.54) is 7.11 Å². The van der Waals surface area contributed by atoms with Crippen molar-refractivity contribution in [3.63, 3.8) is 0 Å². The van der Waals surface area contributed by atoms with Crippen LogP contribution in [0.2, 0.25) is 0 Å². The first-order valence-electron chi connectivity index (χ1n) is 11.6. The van der Waals surface area contributed by atoms with E-state index in [1.54, 1.807) is 24.3 Å². The molecule has 0 aromatic heterocycles. The fourth-order valence-electron chi connectivity index (χ4n) is 4.02. The second-order valence-electron chi connectivity index (χ2n) is 8.22. The normalized spacial score (nSPS) is 24.1. The second kappa shape index (κ2) is 12.6. The lowest BCUT2D eigenvalue weighted by atomic mass is 9.98. The number of ether oxygens (including phenoxy) is 5. The van der Waals surface area contributed by atoms with Crippen LogP contribution in [-0.2, 0) is 36.9 Å². The Morgan fingerprint density at radius 2 is 1.29 bits per heavy atom. The second-order valence-corrected chi connectivity index (χ2v) is 8.22. The molecule has 35 heavy (non-hydrogen) atoms. The standard InChI is InChI=1S/C28H30O7/c1-31-28-26(33-19-21-13-7-3-8-14-21)25(32-18-20-11-5-2-6-12-20)24(23(17-29)34-28)35-27(30)22-15-9-4-10-16-22/h2-16,23-26,28-29H,17-19H2,1H3/t23-,24-,25+,26-,28+/m1/s1. The van der Waals surface area contributed by atoms with Crippen LogP contribution in [0.1, 0.15) is 21.5 Å². The lowest BCUT2D eigenvalue weighted by molar-refractivity contribution is -0.313. The maximum Gasteiger partial charge on any atom is 0.338 e. The Labute approximate surface area is 205 Å². The third kappa shape index (κ3) is 6.54. The van der Waals surface area contributed by atoms with Crippen LogP contribution in [0.25, 0.3) is 0 Å². The topological polar surface area (TPSA) is 83.5 Å². The first-order chi connectivity index (χ1) is 17.2. The van der Waals surface area contributed by atoms with E-state index >= 15 is 0 Å². The van der Waals surface area contributed by atoms with Crippen molar-refractivity contribution in [3.05, 3.63) is 108 Å². The van der Waals surface area contributed by atoms with Crippen LogP contribution >= 0.6 is 0 Å². The summed E-state index contributed by atoms with van der Waals surface area (Å²) in [7, 11) is 1.50. The van der Waals surface area contributed by atoms with Crippen LogP contribution in [-0.4, -0.2) is 55.5 Å². The number of aliphatic hydroxyl groups excluding tert-OH is 1. The third-order valence-electron chi connectivity index (χ3n) is 5.83. The van der Waals surface area contributed by atoms with Crippen molar-refractivity contribution >= 4 is 5.97 Å². The van der Waals surface area contributed by atoms with Gasteiger partial charge in [-0.15, -0.1) is 0 Å². The van der Waals surface area contributed by atoms with E-state index in [-0.39, 0.29) is 19.8 Å². The van der Waals surface area contributed by atoms with Gasteiger partial charge >= 0.3 is 5.97 Å². The fraction of sp³-hybridized carbons (Fsp3) is 0.321. The molecule has 7 heteroatoms. The van der Waals surface area contributed by atoms with Crippen molar-refractivity contribution in [1.29, 1.82) is 0 Å². The molecule has 1 aliphatic heterocycles. The molecule has 0 amide bonds. The molecule has 0 radical (unpaired) electrons. The first kappa shape index (κ1) is 25.0. The van der Waals surface area contributed by atoms with Crippen LogP contribution in [0, 0.1) is 0 Å². The van der Waals surface area contributed by atoms with Gasteiger partial charge < -0.3 is 28.8 Å². The van der Waals surface area contributed by atoms with Gasteiger partial charge in [-0.3, -0.25) is 0 Å². The molecule has 184 valence electrons. The molecule has 0 unspecified atom stereocenters. The van der Waals surface area contributed by atoms with E-state index in [2.05, 4.69) is 0 Å². The summed E-state index contributed by atoms with van der Waals surface area (Å²) < 4.78 is 29.9. The van der Waals surface area contributed by atoms with Crippen molar-refractivity contribution in [2.45, 2.75) is 43.9 Å². The number of rotatable bonds is 10. The number of hydrogen-bond acceptors (Lipinski definition) is 7. The quantitative estimate of drug-likeness (QED) is 0.445. The molecule has 5 atom stereocenters. The molecule has 0 saturated carbocycles. The third-order valence-corrected chi connectivity index (χ3v) is 5.83. The molecule has 7 nitrogen and oxygen atoms in total. The van der Waals surface area contributed by atoms with E-state index in [1.807, 2.05) is 66.7 Å². The molecule has 1 fully saturated rings. The lowest BCUT2D eigenvalue weighted by Crippen LogP contribution is -2.61. The Balaban J connectivity index is 1.60. The largest absolute Gasteiger partial charge is 0.453 e. The highest BCUT2D eigenvalue weighted by Gasteiger charge is 2.49. The zero-order chi connectivity index (χ0) is 24.5. The van der Waals surface area contributed by atoms with Gasteiger partial charge in [0, 0.05) is 7.11 Å². The number of benzene rings is 3. The van der Waals surface area contributed by atoms with Gasteiger partial charge in [0.2, 0.25) is 0 Å². The Bertz CT molecular complexity index is 1030. The highest BCUT2D eigenvalue weighted by molar-refractivity contribution is 5.89. The molecule has 0 spiro atoms. The number of carbonyl (C=O) groups excluding carboxylic acids is 1. The van der Waals surface area contributed by atoms with Crippen LogP contribution < -0.4 is 0 Å². The SMILES string of the molecule is CO[C@H]1O[C@H](CO)[C@@H](OC(=O)c2ccccc2)[C@H](OCc2ccccc2)[C@H]1OCc1ccccc1. The fourth-order valence-corrected chi connectivity index (χ4v) is 4.02. The predicted molar refractivity (Wildman–Crippen MR) is 128 cm³/mol. The van der Waals surface area contributed by atoms with Crippen molar-refractivity contribution in [3.8, 4) is 0 Å². The maximum atomic E-state index is 12.9. The molecule has 3 aromatic rings. The summed E-state index contributed by atoms with van der Waals surface area (Å²) in [6.45, 7) is 0.150. The minimum atomic E-state index is -0.927. The van der Waals surface area contributed by atoms with Crippen molar-refractivity contribution in [1.82, 2.24) is 0 Å². The Hall–Kier alpha value is -3.07. The van der Waals surface area contributed by atoms with Crippen molar-refractivity contribution in [2.75, 3.05) is 13.7 Å². The average Bonchev–Trinajstić information content (AvgIpc) is 2.92. The van der Waals surface area contributed by atoms with E-state index in [0.717, 1.165) is 11.1 Å². The van der Waals surface area contributed by atoms with Gasteiger partial charge in [0.1, 0.15) is 18.3 Å². The smallest absolute Gasteiger partial charge is 0.338 e. The summed E-state index contributed by atoms with van der Waals surface area (Å²) in [4.78, 5) is 12.9. The summed E-state index contributed by atoms with van der Waals surface area (Å²) >= 11 is 0. The minimum absolute atomic E-state index is 0.255. The predicted octanol–water partition coefficient (Wildman–Crippen LogP) is 3.75. The first-order valence-corrected chi connectivity index (χ1v) is 11.6. The number of carbonyl (C=O) groups is 1. The molecular weight excluding hydrogens is 448 g/mol. The van der Waals surface area contributed by atoms with Gasteiger partial charge in [-0.2, -0.15) is 0 Å². The maximum absolute atomic E-state index is 12.9. The van der Waals surface area contributed by atoms with Crippen LogP contribution in [0.3, 0.4) is 0 Å². The van der Waals surface area contributed by atoms with E-state index in [0.29, 0.717) is 5.56 Å². The lowest BCUT2D eigenvalue weighted by Gasteiger charge is -2.44. The highest BCUT2D eigenvalue weighted by Crippen LogP contribution is 2.30. The molecule has 0 aliphatic carbocycles. The molecular formula is C28H30O7. The molecule has 1 N–H and O–H groups in total. The van der Waals surface area contributed by atoms with Gasteiger partial charge in [0.05, 0.1) is 25.4 Å². The van der Waals surface area contributed by atoms with Gasteiger partial charge in [0.15, 0.2) is 12.4 Å². The van der Waals surface area contributed by atoms with Crippen molar-refractivity contribution in [2.24, 2.45) is 0 Å². The molecule has 1 saturated heterocycles. The number of hydrogen-bond donors (Lipinski definition) is 1. The van der Waals surface area contributed by atoms with E-state index in [9.17, 15) is 9.90 Å². The zero-order valence-electron chi connectivity index (χ0n) is 19.6. The Morgan fingerprint density at radius 1 is 0.771 bits per heavy atom. The monoisotopic (exact) mass is 478 g/mol. The summed E-state index contributed by atoms with van der Waals surface area (Å²) in [5.41, 5.74) is 2.30. The molecule has 3 aromatic carbocycles. The summed E-state index contributed by atoms with van der Waals surface area (Å²) in [5, 5.41) is 10.1. The zero-order valence-corrected chi connectivity index (χ0v) is 19.6. The van der Waals surface area contributed by atoms with E-state index < -0.39 is 36.7 Å². The molecule has 0 bridgehead atoms. The highest BCUT2D eigenvalue weighted by atomic mass is 16.7. The minimum Gasteiger partial charge on any atom is -0.453 e. The average molecular weight is 479 g/mol. The van der Waals surface area contributed by atoms with Gasteiger partial charge in [-0.1, -0.05) is 78.9 Å². The molecule has 4 rings (SSSR count). The van der Waals surface area contributed by atoms with Gasteiger partial charge in [-0.25, -0.2) is 4.79 Å². The summed E-state index contributed by atoms with van der Waals surface area (Å²) in [6.07, 6.45) is -4.10. The van der Waals surface area contributed by atoms with Crippen molar-refractivity contribution < 1.29 is 33.6 Å². The molecule has 1 heterocycles. The van der Waals surface area contributed by atoms with Gasteiger partial charge in [-0.05, 0) is 23.3 Å². The van der Waals surface area contributed by atoms with Crippen LogP contribution in [0.4, 0.5) is 0 Å². The summed E-state index contributed by atoms with van der Waals surface area (Å²) in [5.74, 6) is -0.538. The number of methoxy groups -OCH3 is 1. The van der Waals surface area contributed by atoms with Crippen LogP contribution in [0.15, 0.2) is 91.0 Å². The Kier molecular flexibility index (Phi) is 9.00. The Morgan fingerprint density at radius 3 is 1.80 bits per heavy atom. The van der Waals surface area contributed by atoms with E-state index in [4.69, 9.17) is 23.7 Å². The number of esters is 1. The number of aliphatic hydroxyl groups is 1. The summed E-state index contributed by atoms with van der Waals surface area (Å²) in [6, 6.07) is 28.0. The molecule has 1 aliphatic rings. The van der Waals surface area contributed by atoms with Crippen LogP contribution in [0.5, 0.6) is 0 Å².